The van der Waals surface area contributed by atoms with E-state index in [4.69, 9.17) is 4.74 Å². The van der Waals surface area contributed by atoms with Crippen LogP contribution in [-0.4, -0.2) is 54.8 Å². The molecule has 0 unspecified atom stereocenters. The van der Waals surface area contributed by atoms with Crippen molar-refractivity contribution >= 4 is 17.1 Å². The van der Waals surface area contributed by atoms with E-state index < -0.39 is 11.2 Å². The van der Waals surface area contributed by atoms with Crippen molar-refractivity contribution in [3.63, 3.8) is 0 Å². The summed E-state index contributed by atoms with van der Waals surface area (Å²) in [7, 11) is 0. The van der Waals surface area contributed by atoms with E-state index >= 15 is 0 Å². The number of carbonyl (C=O) groups excluding carboxylic acids is 1. The van der Waals surface area contributed by atoms with E-state index in [-0.39, 0.29) is 31.2 Å². The number of imidazole rings is 1. The zero-order chi connectivity index (χ0) is 25.2. The van der Waals surface area contributed by atoms with Crippen molar-refractivity contribution in [3.8, 4) is 0 Å². The summed E-state index contributed by atoms with van der Waals surface area (Å²) in [6.45, 7) is 4.97. The molecule has 2 atom stereocenters. The van der Waals surface area contributed by atoms with Crippen molar-refractivity contribution in [2.24, 2.45) is 0 Å². The molecule has 5 rings (SSSR count). The topological polar surface area (TPSA) is 91.4 Å². The van der Waals surface area contributed by atoms with Crippen molar-refractivity contribution in [2.75, 3.05) is 13.1 Å². The lowest BCUT2D eigenvalue weighted by molar-refractivity contribution is -0.143. The molecule has 186 valence electrons. The van der Waals surface area contributed by atoms with Crippen LogP contribution in [0.4, 0.5) is 0 Å². The maximum atomic E-state index is 13.7. The molecule has 1 aliphatic heterocycles. The van der Waals surface area contributed by atoms with E-state index in [2.05, 4.69) is 4.98 Å². The van der Waals surface area contributed by atoms with E-state index in [1.54, 1.807) is 15.8 Å². The number of nitrogens with zero attached hydrogens (tertiary/aromatic N) is 5. The summed E-state index contributed by atoms with van der Waals surface area (Å²) in [5.74, 6) is -0.282. The molecule has 1 amide bonds. The minimum absolute atomic E-state index is 0.112. The summed E-state index contributed by atoms with van der Waals surface area (Å²) in [5.41, 5.74) is 1.43. The molecule has 36 heavy (non-hydrogen) atoms. The average molecular weight is 488 g/mol. The number of carbonyl (C=O) groups is 1. The molecule has 9 heteroatoms. The Morgan fingerprint density at radius 3 is 2.08 bits per heavy atom. The van der Waals surface area contributed by atoms with Crippen LogP contribution in [0, 0.1) is 0 Å². The third-order valence-electron chi connectivity index (χ3n) is 6.43. The summed E-state index contributed by atoms with van der Waals surface area (Å²) in [6.07, 6.45) is 1.36. The number of hydrogen-bond donors (Lipinski definition) is 0. The maximum Gasteiger partial charge on any atom is 0.333 e. The highest BCUT2D eigenvalue weighted by atomic mass is 16.5. The fourth-order valence-corrected chi connectivity index (χ4v) is 4.80. The fourth-order valence-electron chi connectivity index (χ4n) is 4.80. The van der Waals surface area contributed by atoms with E-state index in [9.17, 15) is 14.4 Å². The molecule has 1 fully saturated rings. The molecule has 0 bridgehead atoms. The number of rotatable bonds is 6. The molecule has 4 aromatic rings. The van der Waals surface area contributed by atoms with E-state index in [0.29, 0.717) is 30.8 Å². The Hall–Kier alpha value is -3.98. The first-order valence-corrected chi connectivity index (χ1v) is 12.1. The lowest BCUT2D eigenvalue weighted by Gasteiger charge is -2.35. The highest BCUT2D eigenvalue weighted by molar-refractivity contribution is 5.77. The summed E-state index contributed by atoms with van der Waals surface area (Å²) in [4.78, 5) is 46.6. The van der Waals surface area contributed by atoms with Crippen molar-refractivity contribution in [1.29, 1.82) is 0 Å². The predicted molar refractivity (Wildman–Crippen MR) is 136 cm³/mol. The van der Waals surface area contributed by atoms with Gasteiger partial charge in [0.25, 0.3) is 5.56 Å². The lowest BCUT2D eigenvalue weighted by atomic mass is 10.2. The van der Waals surface area contributed by atoms with Gasteiger partial charge in [0.1, 0.15) is 6.54 Å². The second-order valence-corrected chi connectivity index (χ2v) is 9.33. The van der Waals surface area contributed by atoms with Crippen molar-refractivity contribution in [3.05, 3.63) is 99.0 Å². The number of fused-ring (bicyclic) bond motifs is 1. The van der Waals surface area contributed by atoms with Gasteiger partial charge >= 0.3 is 5.69 Å². The molecule has 1 aliphatic rings. The molecular weight excluding hydrogens is 458 g/mol. The third-order valence-corrected chi connectivity index (χ3v) is 6.43. The van der Waals surface area contributed by atoms with Crippen LogP contribution in [0.15, 0.2) is 76.6 Å². The first-order valence-electron chi connectivity index (χ1n) is 12.1. The fraction of sp³-hybridized carbons (Fsp3) is 0.333. The van der Waals surface area contributed by atoms with Gasteiger partial charge in [-0.05, 0) is 25.0 Å². The number of benzene rings is 2. The average Bonchev–Trinajstić information content (AvgIpc) is 3.28. The van der Waals surface area contributed by atoms with Crippen LogP contribution in [0.2, 0.25) is 0 Å². The van der Waals surface area contributed by atoms with Gasteiger partial charge in [-0.3, -0.25) is 14.2 Å². The van der Waals surface area contributed by atoms with Crippen molar-refractivity contribution < 1.29 is 9.53 Å². The van der Waals surface area contributed by atoms with Gasteiger partial charge in [0.2, 0.25) is 5.91 Å². The van der Waals surface area contributed by atoms with Gasteiger partial charge in [0.05, 0.1) is 25.1 Å². The molecular formula is C27H29N5O4. The Kier molecular flexibility index (Phi) is 6.56. The Labute approximate surface area is 208 Å². The smallest absolute Gasteiger partial charge is 0.333 e. The number of ether oxygens (including phenoxy) is 1. The normalized spacial score (nSPS) is 18.0. The van der Waals surface area contributed by atoms with Crippen LogP contribution in [0.25, 0.3) is 11.2 Å². The van der Waals surface area contributed by atoms with Gasteiger partial charge in [0, 0.05) is 19.6 Å². The Balaban J connectivity index is 1.60. The zero-order valence-electron chi connectivity index (χ0n) is 20.4. The maximum absolute atomic E-state index is 13.7. The molecule has 3 heterocycles. The molecule has 2 aromatic heterocycles. The molecule has 0 N–H and O–H groups in total. The van der Waals surface area contributed by atoms with Crippen LogP contribution in [0.3, 0.4) is 0 Å². The van der Waals surface area contributed by atoms with Gasteiger partial charge < -0.3 is 14.2 Å². The summed E-state index contributed by atoms with van der Waals surface area (Å²) < 4.78 is 9.99. The molecule has 0 spiro atoms. The van der Waals surface area contributed by atoms with E-state index in [0.717, 1.165) is 15.7 Å². The highest BCUT2D eigenvalue weighted by Gasteiger charge is 2.27. The minimum atomic E-state index is -0.552. The van der Waals surface area contributed by atoms with Gasteiger partial charge in [-0.25, -0.2) is 14.3 Å². The zero-order valence-corrected chi connectivity index (χ0v) is 20.4. The molecule has 0 saturated carbocycles. The minimum Gasteiger partial charge on any atom is -0.372 e. The third kappa shape index (κ3) is 4.74. The van der Waals surface area contributed by atoms with E-state index in [1.807, 2.05) is 74.5 Å². The standard InChI is InChI=1S/C27H29N5O4/c1-19-13-29(14-20(2)36-19)23(33)17-32-26(34)24-25(28-18-30(24)15-21-9-5-3-6-10-21)31(27(32)35)16-22-11-7-4-8-12-22/h3-12,18-20H,13-17H2,1-2H3/t19-,20-/m1/s1. The van der Waals surface area contributed by atoms with E-state index in [1.165, 1.54) is 4.57 Å². The second kappa shape index (κ2) is 9.94. The quantitative estimate of drug-likeness (QED) is 0.415. The van der Waals surface area contributed by atoms with Gasteiger partial charge in [0.15, 0.2) is 11.2 Å². The molecule has 2 aromatic carbocycles. The van der Waals surface area contributed by atoms with Crippen LogP contribution < -0.4 is 11.2 Å². The first kappa shape index (κ1) is 23.7. The largest absolute Gasteiger partial charge is 0.372 e. The summed E-state index contributed by atoms with van der Waals surface area (Å²) in [6, 6.07) is 19.2. The van der Waals surface area contributed by atoms with Gasteiger partial charge in [-0.1, -0.05) is 60.7 Å². The van der Waals surface area contributed by atoms with Crippen LogP contribution in [-0.2, 0) is 29.2 Å². The predicted octanol–water partition coefficient (Wildman–Crippen LogP) is 2.09. The number of aromatic nitrogens is 4. The highest BCUT2D eigenvalue weighted by Crippen LogP contribution is 2.14. The van der Waals surface area contributed by atoms with Crippen LogP contribution >= 0.6 is 0 Å². The summed E-state index contributed by atoms with van der Waals surface area (Å²) in [5, 5.41) is 0. The molecule has 9 nitrogen and oxygen atoms in total. The Bertz CT molecular complexity index is 1480. The number of hydrogen-bond acceptors (Lipinski definition) is 5. The molecule has 0 radical (unpaired) electrons. The lowest BCUT2D eigenvalue weighted by Crippen LogP contribution is -2.51. The van der Waals surface area contributed by atoms with Crippen molar-refractivity contribution in [1.82, 2.24) is 23.6 Å². The number of morpholine rings is 1. The van der Waals surface area contributed by atoms with Crippen molar-refractivity contribution in [2.45, 2.75) is 45.7 Å². The van der Waals surface area contributed by atoms with Gasteiger partial charge in [-0.2, -0.15) is 0 Å². The van der Waals surface area contributed by atoms with Crippen LogP contribution in [0.5, 0.6) is 0 Å². The molecule has 1 saturated heterocycles. The molecule has 0 aliphatic carbocycles. The first-order chi connectivity index (χ1) is 17.4. The van der Waals surface area contributed by atoms with Crippen LogP contribution in [0.1, 0.15) is 25.0 Å². The Morgan fingerprint density at radius 2 is 1.47 bits per heavy atom. The second-order valence-electron chi connectivity index (χ2n) is 9.33. The summed E-state index contributed by atoms with van der Waals surface area (Å²) >= 11 is 0. The number of amides is 1. The SMILES string of the molecule is C[C@@H]1CN(C(=O)Cn2c(=O)c3c(ncn3Cc3ccccc3)n(Cc3ccccc3)c2=O)C[C@@H](C)O1. The Morgan fingerprint density at radius 1 is 0.889 bits per heavy atom. The van der Waals surface area contributed by atoms with Gasteiger partial charge in [-0.15, -0.1) is 0 Å². The monoisotopic (exact) mass is 487 g/mol.